The first-order valence-electron chi connectivity index (χ1n) is 4.67. The minimum absolute atomic E-state index is 0.881. The van der Waals surface area contributed by atoms with Crippen LogP contribution < -0.4 is 3.58 Å². The Bertz CT molecular complexity index is 449. The molecule has 2 aromatic rings. The third-order valence-corrected chi connectivity index (χ3v) is 3.03. The summed E-state index contributed by atoms with van der Waals surface area (Å²) in [4.78, 5) is 0. The molecule has 0 aliphatic rings. The van der Waals surface area contributed by atoms with Crippen molar-refractivity contribution in [3.63, 3.8) is 0 Å². The van der Waals surface area contributed by atoms with Crippen LogP contribution in [0.15, 0.2) is 64.8 Å². The van der Waals surface area contributed by atoms with E-state index >= 15 is 0 Å². The molecule has 2 nitrogen and oxygen atoms in total. The molecule has 0 aliphatic carbocycles. The summed E-state index contributed by atoms with van der Waals surface area (Å²) >= 11 is 1.14. The SMILES string of the molecule is [SnH][c]1ccc(N=Nc2ccccc2)cc1. The van der Waals surface area contributed by atoms with Crippen molar-refractivity contribution in [2.24, 2.45) is 10.2 Å². The van der Waals surface area contributed by atoms with Gasteiger partial charge in [-0.05, 0) is 0 Å². The van der Waals surface area contributed by atoms with Gasteiger partial charge in [0.2, 0.25) is 0 Å². The van der Waals surface area contributed by atoms with E-state index in [9.17, 15) is 0 Å². The zero-order valence-electron chi connectivity index (χ0n) is 8.17. The molecule has 3 heteroatoms. The Hall–Kier alpha value is -1.16. The van der Waals surface area contributed by atoms with E-state index in [1.54, 1.807) is 0 Å². The van der Waals surface area contributed by atoms with E-state index in [1.807, 2.05) is 42.5 Å². The topological polar surface area (TPSA) is 24.7 Å². The molecule has 0 spiro atoms. The molecule has 0 N–H and O–H groups in total. The van der Waals surface area contributed by atoms with Gasteiger partial charge in [-0.15, -0.1) is 0 Å². The number of rotatable bonds is 2. The molecule has 0 saturated carbocycles. The number of hydrogen-bond donors (Lipinski definition) is 0. The van der Waals surface area contributed by atoms with E-state index < -0.39 is 0 Å². The van der Waals surface area contributed by atoms with Crippen molar-refractivity contribution >= 4 is 37.5 Å². The van der Waals surface area contributed by atoms with Crippen molar-refractivity contribution in [3.05, 3.63) is 54.6 Å². The number of azo groups is 1. The van der Waals surface area contributed by atoms with Crippen LogP contribution in [0.5, 0.6) is 0 Å². The summed E-state index contributed by atoms with van der Waals surface area (Å²) in [5, 5.41) is 8.30. The van der Waals surface area contributed by atoms with Gasteiger partial charge < -0.3 is 0 Å². The molecule has 0 amide bonds. The normalized spacial score (nSPS) is 10.7. The minimum atomic E-state index is 0.881. The maximum absolute atomic E-state index is 4.16. The standard InChI is InChI=1S/C12H9N2.Sn.H/c1-3-7-11(8-4-1)13-14-12-9-5-2-6-10-12;;/h1,3-10H;;. The molecule has 0 bridgehead atoms. The summed E-state index contributed by atoms with van der Waals surface area (Å²) in [6.45, 7) is 0. The number of benzene rings is 2. The quantitative estimate of drug-likeness (QED) is 0.602. The van der Waals surface area contributed by atoms with Gasteiger partial charge >= 0.3 is 102 Å². The fourth-order valence-electron chi connectivity index (χ4n) is 1.15. The van der Waals surface area contributed by atoms with Gasteiger partial charge in [0.25, 0.3) is 0 Å². The Morgan fingerprint density at radius 1 is 0.667 bits per heavy atom. The second kappa shape index (κ2) is 5.07. The van der Waals surface area contributed by atoms with Crippen molar-refractivity contribution in [3.8, 4) is 0 Å². The summed E-state index contributed by atoms with van der Waals surface area (Å²) in [7, 11) is 0. The van der Waals surface area contributed by atoms with Gasteiger partial charge in [-0.25, -0.2) is 0 Å². The summed E-state index contributed by atoms with van der Waals surface area (Å²) < 4.78 is 1.36. The van der Waals surface area contributed by atoms with Gasteiger partial charge in [0, 0.05) is 0 Å². The molecule has 0 aliphatic heterocycles. The van der Waals surface area contributed by atoms with E-state index in [-0.39, 0.29) is 0 Å². The van der Waals surface area contributed by atoms with Crippen LogP contribution >= 0.6 is 0 Å². The molecular weight excluding hydrogens is 291 g/mol. The second-order valence-electron chi connectivity index (χ2n) is 3.13. The molecule has 0 unspecified atom stereocenters. The third-order valence-electron chi connectivity index (χ3n) is 1.93. The van der Waals surface area contributed by atoms with E-state index in [0.29, 0.717) is 0 Å². The number of hydrogen-bond acceptors (Lipinski definition) is 2. The molecule has 2 radical (unpaired) electrons. The van der Waals surface area contributed by atoms with Crippen LogP contribution in [-0.4, -0.2) is 22.5 Å². The fourth-order valence-corrected chi connectivity index (χ4v) is 1.70. The van der Waals surface area contributed by atoms with Gasteiger partial charge in [0.05, 0.1) is 0 Å². The Labute approximate surface area is 102 Å². The predicted octanol–water partition coefficient (Wildman–Crippen LogP) is 2.63. The van der Waals surface area contributed by atoms with Crippen LogP contribution in [0.3, 0.4) is 0 Å². The molecule has 0 atom stereocenters. The van der Waals surface area contributed by atoms with E-state index in [4.69, 9.17) is 0 Å². The monoisotopic (exact) mass is 302 g/mol. The molecule has 0 aromatic heterocycles. The molecule has 0 heterocycles. The third kappa shape index (κ3) is 3.16. The first-order chi connectivity index (χ1) is 7.34. The Morgan fingerprint density at radius 3 is 1.80 bits per heavy atom. The average Bonchev–Trinajstić information content (AvgIpc) is 2.30. The van der Waals surface area contributed by atoms with Crippen LogP contribution in [0, 0.1) is 0 Å². The molecule has 2 aromatic carbocycles. The summed E-state index contributed by atoms with van der Waals surface area (Å²) in [5.41, 5.74) is 1.78. The van der Waals surface area contributed by atoms with Gasteiger partial charge in [-0.1, -0.05) is 0 Å². The maximum atomic E-state index is 4.16. The van der Waals surface area contributed by atoms with Gasteiger partial charge in [-0.3, -0.25) is 0 Å². The summed E-state index contributed by atoms with van der Waals surface area (Å²) in [5.74, 6) is 0. The van der Waals surface area contributed by atoms with E-state index in [1.165, 1.54) is 3.58 Å². The first kappa shape index (κ1) is 10.4. The van der Waals surface area contributed by atoms with Crippen LogP contribution in [0.2, 0.25) is 0 Å². The zero-order chi connectivity index (χ0) is 10.5. The van der Waals surface area contributed by atoms with E-state index in [2.05, 4.69) is 22.4 Å². The van der Waals surface area contributed by atoms with Crippen molar-refractivity contribution in [2.45, 2.75) is 0 Å². The fraction of sp³-hybridized carbons (Fsp3) is 0. The van der Waals surface area contributed by atoms with Crippen molar-refractivity contribution in [1.29, 1.82) is 0 Å². The molecule has 0 saturated heterocycles. The average molecular weight is 301 g/mol. The van der Waals surface area contributed by atoms with Crippen LogP contribution in [0.1, 0.15) is 0 Å². The van der Waals surface area contributed by atoms with Crippen LogP contribution in [-0.2, 0) is 0 Å². The Balaban J connectivity index is 2.15. The summed E-state index contributed by atoms with van der Waals surface area (Å²) in [6.07, 6.45) is 0. The Morgan fingerprint density at radius 2 is 1.20 bits per heavy atom. The van der Waals surface area contributed by atoms with Gasteiger partial charge in [0.1, 0.15) is 0 Å². The number of nitrogens with zero attached hydrogens (tertiary/aromatic N) is 2. The van der Waals surface area contributed by atoms with Crippen LogP contribution in [0.25, 0.3) is 0 Å². The molecule has 72 valence electrons. The van der Waals surface area contributed by atoms with E-state index in [0.717, 1.165) is 33.9 Å². The Kier molecular flexibility index (Phi) is 3.50. The summed E-state index contributed by atoms with van der Waals surface area (Å²) in [6, 6.07) is 17.9. The van der Waals surface area contributed by atoms with Gasteiger partial charge in [-0.2, -0.15) is 0 Å². The predicted molar refractivity (Wildman–Crippen MR) is 63.8 cm³/mol. The molecule has 2 rings (SSSR count). The van der Waals surface area contributed by atoms with Crippen molar-refractivity contribution in [2.75, 3.05) is 0 Å². The zero-order valence-corrected chi connectivity index (χ0v) is 11.5. The van der Waals surface area contributed by atoms with Crippen molar-refractivity contribution in [1.82, 2.24) is 0 Å². The van der Waals surface area contributed by atoms with Crippen molar-refractivity contribution < 1.29 is 0 Å². The van der Waals surface area contributed by atoms with Crippen LogP contribution in [0.4, 0.5) is 11.4 Å². The second-order valence-corrected chi connectivity index (χ2v) is 5.03. The molecule has 0 fully saturated rings. The van der Waals surface area contributed by atoms with Gasteiger partial charge in [0.15, 0.2) is 0 Å². The first-order valence-corrected chi connectivity index (χ1v) is 6.32. The molecular formula is C12H10N2Sn. The molecule has 15 heavy (non-hydrogen) atoms.